The van der Waals surface area contributed by atoms with Gasteiger partial charge in [0.05, 0.1) is 6.20 Å². The van der Waals surface area contributed by atoms with E-state index < -0.39 is 6.04 Å². The minimum Gasteiger partial charge on any atom is -0.324 e. The van der Waals surface area contributed by atoms with Crippen LogP contribution in [0.2, 0.25) is 5.02 Å². The molecule has 1 amide bonds. The summed E-state index contributed by atoms with van der Waals surface area (Å²) in [6.07, 6.45) is 3.48. The van der Waals surface area contributed by atoms with Gasteiger partial charge in [-0.05, 0) is 31.7 Å². The summed E-state index contributed by atoms with van der Waals surface area (Å²) in [5.74, 6) is -0.152. The number of hydrogen-bond donors (Lipinski definition) is 2. The van der Waals surface area contributed by atoms with Gasteiger partial charge in [-0.3, -0.25) is 9.48 Å². The molecule has 0 fully saturated rings. The van der Waals surface area contributed by atoms with Gasteiger partial charge in [0, 0.05) is 29.5 Å². The predicted molar refractivity (Wildman–Crippen MR) is 87.1 cm³/mol. The van der Waals surface area contributed by atoms with Crippen molar-refractivity contribution in [3.63, 3.8) is 0 Å². The quantitative estimate of drug-likeness (QED) is 0.907. The van der Waals surface area contributed by atoms with Crippen LogP contribution in [0.1, 0.15) is 17.2 Å². The summed E-state index contributed by atoms with van der Waals surface area (Å²) in [6.45, 7) is 1.92. The van der Waals surface area contributed by atoms with Crippen molar-refractivity contribution in [1.82, 2.24) is 15.1 Å². The Balaban J connectivity index is 0.00000220. The van der Waals surface area contributed by atoms with E-state index in [-0.39, 0.29) is 18.3 Å². The number of nitrogens with zero attached hydrogens (tertiary/aromatic N) is 2. The number of anilines is 1. The molecule has 2 aromatic rings. The highest BCUT2D eigenvalue weighted by atomic mass is 35.5. The average Bonchev–Trinajstić information content (AvgIpc) is 2.81. The number of benzene rings is 1. The van der Waals surface area contributed by atoms with Crippen LogP contribution in [0.3, 0.4) is 0 Å². The molecule has 7 heteroatoms. The predicted octanol–water partition coefficient (Wildman–Crippen LogP) is 2.70. The number of carbonyl (C=O) groups is 1. The van der Waals surface area contributed by atoms with E-state index in [1.807, 2.05) is 32.3 Å². The maximum Gasteiger partial charge on any atom is 0.246 e. The number of carbonyl (C=O) groups excluding carboxylic acids is 1. The molecule has 0 saturated carbocycles. The molecular weight excluding hydrogens is 311 g/mol. The molecule has 21 heavy (non-hydrogen) atoms. The van der Waals surface area contributed by atoms with E-state index in [1.54, 1.807) is 24.0 Å². The van der Waals surface area contributed by atoms with E-state index in [1.165, 1.54) is 0 Å². The minimum atomic E-state index is -0.455. The third-order valence-electron chi connectivity index (χ3n) is 3.05. The molecule has 1 aromatic carbocycles. The number of halogens is 2. The molecule has 1 unspecified atom stereocenters. The molecule has 0 bridgehead atoms. The van der Waals surface area contributed by atoms with E-state index in [9.17, 15) is 4.79 Å². The highest BCUT2D eigenvalue weighted by Crippen LogP contribution is 2.21. The summed E-state index contributed by atoms with van der Waals surface area (Å²) >= 11 is 6.05. The number of nitrogens with one attached hydrogen (secondary N) is 2. The lowest BCUT2D eigenvalue weighted by Gasteiger charge is -2.15. The summed E-state index contributed by atoms with van der Waals surface area (Å²) in [5.41, 5.74) is 2.46. The Morgan fingerprint density at radius 1 is 1.43 bits per heavy atom. The van der Waals surface area contributed by atoms with Crippen LogP contribution in [0.5, 0.6) is 0 Å². The Hall–Kier alpha value is -1.56. The highest BCUT2D eigenvalue weighted by Gasteiger charge is 2.20. The van der Waals surface area contributed by atoms with Crippen LogP contribution >= 0.6 is 24.0 Å². The first-order chi connectivity index (χ1) is 9.51. The highest BCUT2D eigenvalue weighted by molar-refractivity contribution is 6.31. The SMILES string of the molecule is CNC(C(=O)Nc1ccc(C)c(Cl)c1)c1cnn(C)c1.Cl. The third-order valence-corrected chi connectivity index (χ3v) is 3.46. The third kappa shape index (κ3) is 4.20. The van der Waals surface area contributed by atoms with E-state index in [0.717, 1.165) is 11.1 Å². The first kappa shape index (κ1) is 17.5. The molecule has 5 nitrogen and oxygen atoms in total. The van der Waals surface area contributed by atoms with E-state index in [4.69, 9.17) is 11.6 Å². The molecule has 0 radical (unpaired) electrons. The molecule has 0 saturated heterocycles. The van der Waals surface area contributed by atoms with Gasteiger partial charge in [-0.1, -0.05) is 17.7 Å². The van der Waals surface area contributed by atoms with E-state index in [2.05, 4.69) is 15.7 Å². The van der Waals surface area contributed by atoms with Crippen LogP contribution in [0.25, 0.3) is 0 Å². The summed E-state index contributed by atoms with van der Waals surface area (Å²) in [5, 5.41) is 10.5. The number of aromatic nitrogens is 2. The van der Waals surface area contributed by atoms with Gasteiger partial charge in [0.15, 0.2) is 0 Å². The Kier molecular flexibility index (Phi) is 6.20. The van der Waals surface area contributed by atoms with Crippen LogP contribution in [0, 0.1) is 6.92 Å². The number of likely N-dealkylation sites (N-methyl/N-ethyl adjacent to an activating group) is 1. The molecule has 0 aliphatic heterocycles. The molecule has 1 aromatic heterocycles. The van der Waals surface area contributed by atoms with Crippen LogP contribution in [-0.4, -0.2) is 22.7 Å². The van der Waals surface area contributed by atoms with Crippen molar-refractivity contribution < 1.29 is 4.79 Å². The largest absolute Gasteiger partial charge is 0.324 e. The van der Waals surface area contributed by atoms with Gasteiger partial charge in [-0.15, -0.1) is 12.4 Å². The second kappa shape index (κ2) is 7.45. The maximum atomic E-state index is 12.3. The fourth-order valence-corrected chi connectivity index (χ4v) is 2.10. The lowest BCUT2D eigenvalue weighted by molar-refractivity contribution is -0.118. The minimum absolute atomic E-state index is 0. The molecule has 2 N–H and O–H groups in total. The van der Waals surface area contributed by atoms with Crippen molar-refractivity contribution in [2.75, 3.05) is 12.4 Å². The summed E-state index contributed by atoms with van der Waals surface area (Å²) < 4.78 is 1.66. The standard InChI is InChI=1S/C14H17ClN4O.ClH/c1-9-4-5-11(6-12(9)15)18-14(20)13(16-2)10-7-17-19(3)8-10;/h4-8,13,16H,1-3H3,(H,18,20);1H. The first-order valence-electron chi connectivity index (χ1n) is 6.24. The summed E-state index contributed by atoms with van der Waals surface area (Å²) in [6, 6.07) is 4.99. The molecular formula is C14H18Cl2N4O. The Labute approximate surface area is 135 Å². The van der Waals surface area contributed by atoms with Crippen LogP contribution in [0.15, 0.2) is 30.6 Å². The van der Waals surface area contributed by atoms with Gasteiger partial charge in [-0.25, -0.2) is 0 Å². The van der Waals surface area contributed by atoms with Crippen molar-refractivity contribution in [1.29, 1.82) is 0 Å². The van der Waals surface area contributed by atoms with Gasteiger partial charge in [-0.2, -0.15) is 5.10 Å². The van der Waals surface area contributed by atoms with Gasteiger partial charge in [0.1, 0.15) is 6.04 Å². The second-order valence-electron chi connectivity index (χ2n) is 4.62. The zero-order chi connectivity index (χ0) is 14.7. The van der Waals surface area contributed by atoms with Crippen molar-refractivity contribution in [3.8, 4) is 0 Å². The van der Waals surface area contributed by atoms with Gasteiger partial charge in [0.25, 0.3) is 0 Å². The van der Waals surface area contributed by atoms with E-state index >= 15 is 0 Å². The Morgan fingerprint density at radius 2 is 2.14 bits per heavy atom. The van der Waals surface area contributed by atoms with Crippen molar-refractivity contribution in [3.05, 3.63) is 46.7 Å². The lowest BCUT2D eigenvalue weighted by Crippen LogP contribution is -2.30. The normalized spacial score (nSPS) is 11.6. The van der Waals surface area contributed by atoms with Crippen LogP contribution < -0.4 is 10.6 Å². The van der Waals surface area contributed by atoms with Gasteiger partial charge in [0.2, 0.25) is 5.91 Å². The van der Waals surface area contributed by atoms with Gasteiger partial charge < -0.3 is 10.6 Å². The topological polar surface area (TPSA) is 59.0 Å². The summed E-state index contributed by atoms with van der Waals surface area (Å²) in [7, 11) is 3.55. The fourth-order valence-electron chi connectivity index (χ4n) is 1.92. The second-order valence-corrected chi connectivity index (χ2v) is 5.03. The number of amides is 1. The molecule has 0 spiro atoms. The lowest BCUT2D eigenvalue weighted by atomic mass is 10.1. The van der Waals surface area contributed by atoms with E-state index in [0.29, 0.717) is 10.7 Å². The monoisotopic (exact) mass is 328 g/mol. The van der Waals surface area contributed by atoms with Crippen molar-refractivity contribution in [2.24, 2.45) is 7.05 Å². The Morgan fingerprint density at radius 3 is 2.67 bits per heavy atom. The van der Waals surface area contributed by atoms with Crippen LogP contribution in [-0.2, 0) is 11.8 Å². The zero-order valence-electron chi connectivity index (χ0n) is 12.1. The smallest absolute Gasteiger partial charge is 0.246 e. The Bertz CT molecular complexity index is 627. The van der Waals surface area contributed by atoms with Crippen molar-refractivity contribution in [2.45, 2.75) is 13.0 Å². The number of aryl methyl sites for hydroxylation is 2. The zero-order valence-corrected chi connectivity index (χ0v) is 13.6. The molecule has 0 aliphatic rings. The maximum absolute atomic E-state index is 12.3. The summed E-state index contributed by atoms with van der Waals surface area (Å²) in [4.78, 5) is 12.3. The van der Waals surface area contributed by atoms with Crippen molar-refractivity contribution >= 4 is 35.6 Å². The first-order valence-corrected chi connectivity index (χ1v) is 6.62. The van der Waals surface area contributed by atoms with Crippen LogP contribution in [0.4, 0.5) is 5.69 Å². The molecule has 1 heterocycles. The number of hydrogen-bond acceptors (Lipinski definition) is 3. The molecule has 1 atom stereocenters. The molecule has 0 aliphatic carbocycles. The fraction of sp³-hybridized carbons (Fsp3) is 0.286. The number of rotatable bonds is 4. The molecule has 2 rings (SSSR count). The van der Waals surface area contributed by atoms with Gasteiger partial charge >= 0.3 is 0 Å². The average molecular weight is 329 g/mol. The molecule has 114 valence electrons.